The fraction of sp³-hybridized carbons (Fsp3) is 0.143. The molecule has 2 aromatic carbocycles. The van der Waals surface area contributed by atoms with Crippen LogP contribution in [0.2, 0.25) is 5.02 Å². The quantitative estimate of drug-likeness (QED) is 0.574. The van der Waals surface area contributed by atoms with Crippen molar-refractivity contribution in [3.63, 3.8) is 0 Å². The number of hydrogen-bond donors (Lipinski definition) is 0. The van der Waals surface area contributed by atoms with Crippen molar-refractivity contribution in [3.05, 3.63) is 67.3 Å². The first kappa shape index (κ1) is 14.0. The molecule has 0 bridgehead atoms. The van der Waals surface area contributed by atoms with Crippen molar-refractivity contribution in [1.82, 2.24) is 0 Å². The zero-order valence-corrected chi connectivity index (χ0v) is 13.5. The van der Waals surface area contributed by atoms with Gasteiger partial charge in [0.15, 0.2) is 0 Å². The summed E-state index contributed by atoms with van der Waals surface area (Å²) in [7, 11) is 0. The smallest absolute Gasteiger partial charge is 0.137 e. The maximum absolute atomic E-state index is 13.2. The summed E-state index contributed by atoms with van der Waals surface area (Å²) in [4.78, 5) is 0. The maximum atomic E-state index is 13.2. The van der Waals surface area contributed by atoms with Gasteiger partial charge in [-0.1, -0.05) is 46.6 Å². The molecule has 0 spiro atoms. The summed E-state index contributed by atoms with van der Waals surface area (Å²) in [5, 5.41) is 0.693. The van der Waals surface area contributed by atoms with Crippen LogP contribution in [0.15, 0.2) is 45.3 Å². The van der Waals surface area contributed by atoms with E-state index in [-0.39, 0.29) is 11.7 Å². The topological polar surface area (TPSA) is 0 Å². The Morgan fingerprint density at radius 3 is 2.39 bits per heavy atom. The Bertz CT molecular complexity index is 584. The van der Waals surface area contributed by atoms with Crippen molar-refractivity contribution in [2.24, 2.45) is 0 Å². The van der Waals surface area contributed by atoms with Crippen molar-refractivity contribution in [1.29, 1.82) is 0 Å². The Morgan fingerprint density at radius 2 is 1.78 bits per heavy atom. The average Bonchev–Trinajstić information content (AvgIpc) is 2.32. The van der Waals surface area contributed by atoms with Gasteiger partial charge in [0.1, 0.15) is 5.82 Å². The van der Waals surface area contributed by atoms with Crippen LogP contribution in [-0.4, -0.2) is 0 Å². The SMILES string of the molecule is CC(c1ccc(F)c(Br)c1)c1ccc(Cl)cc1Br. The molecule has 0 saturated carbocycles. The Morgan fingerprint density at radius 1 is 1.06 bits per heavy atom. The summed E-state index contributed by atoms with van der Waals surface area (Å²) in [5.74, 6) is -0.0883. The molecule has 0 aliphatic heterocycles. The normalized spacial score (nSPS) is 12.5. The van der Waals surface area contributed by atoms with Crippen molar-refractivity contribution in [3.8, 4) is 0 Å². The third kappa shape index (κ3) is 2.95. The second-order valence-electron chi connectivity index (χ2n) is 4.06. The summed E-state index contributed by atoms with van der Waals surface area (Å²) in [6.45, 7) is 2.08. The molecule has 2 rings (SSSR count). The minimum atomic E-state index is -0.249. The van der Waals surface area contributed by atoms with Gasteiger partial charge in [-0.25, -0.2) is 4.39 Å². The molecule has 2 aromatic rings. The molecule has 94 valence electrons. The molecule has 0 N–H and O–H groups in total. The van der Waals surface area contributed by atoms with Crippen LogP contribution in [0.4, 0.5) is 4.39 Å². The largest absolute Gasteiger partial charge is 0.206 e. The monoisotopic (exact) mass is 390 g/mol. The lowest BCUT2D eigenvalue weighted by Crippen LogP contribution is -1.98. The molecule has 1 unspecified atom stereocenters. The summed E-state index contributed by atoms with van der Waals surface area (Å²) in [6, 6.07) is 10.8. The van der Waals surface area contributed by atoms with Gasteiger partial charge in [0.2, 0.25) is 0 Å². The van der Waals surface area contributed by atoms with E-state index in [4.69, 9.17) is 11.6 Å². The van der Waals surface area contributed by atoms with Crippen LogP contribution in [0, 0.1) is 5.82 Å². The Balaban J connectivity index is 2.41. The molecule has 4 heteroatoms. The van der Waals surface area contributed by atoms with Crippen LogP contribution in [0.1, 0.15) is 24.0 Å². The predicted molar refractivity (Wildman–Crippen MR) is 80.8 cm³/mol. The minimum absolute atomic E-state index is 0.161. The zero-order chi connectivity index (χ0) is 13.3. The highest BCUT2D eigenvalue weighted by molar-refractivity contribution is 9.10. The van der Waals surface area contributed by atoms with Gasteiger partial charge in [0.25, 0.3) is 0 Å². The maximum Gasteiger partial charge on any atom is 0.137 e. The predicted octanol–water partition coefficient (Wildman–Crippen LogP) is 6.16. The van der Waals surface area contributed by atoms with Gasteiger partial charge in [0, 0.05) is 15.4 Å². The summed E-state index contributed by atoms with van der Waals surface area (Å²) < 4.78 is 14.7. The first-order chi connectivity index (χ1) is 8.49. The van der Waals surface area contributed by atoms with Crippen LogP contribution < -0.4 is 0 Å². The molecule has 0 saturated heterocycles. The molecule has 0 aliphatic carbocycles. The van der Waals surface area contributed by atoms with E-state index in [0.29, 0.717) is 9.50 Å². The number of halogens is 4. The molecular formula is C14H10Br2ClF. The second-order valence-corrected chi connectivity index (χ2v) is 6.21. The van der Waals surface area contributed by atoms with Crippen molar-refractivity contribution in [2.45, 2.75) is 12.8 Å². The van der Waals surface area contributed by atoms with E-state index >= 15 is 0 Å². The number of rotatable bonds is 2. The first-order valence-corrected chi connectivity index (χ1v) is 7.35. The van der Waals surface area contributed by atoms with Gasteiger partial charge in [-0.05, 0) is 51.3 Å². The van der Waals surface area contributed by atoms with E-state index in [1.807, 2.05) is 18.2 Å². The van der Waals surface area contributed by atoms with Crippen molar-refractivity contribution in [2.75, 3.05) is 0 Å². The lowest BCUT2D eigenvalue weighted by molar-refractivity contribution is 0.619. The van der Waals surface area contributed by atoms with Gasteiger partial charge >= 0.3 is 0 Å². The van der Waals surface area contributed by atoms with E-state index in [1.165, 1.54) is 6.07 Å². The van der Waals surface area contributed by atoms with E-state index in [2.05, 4.69) is 38.8 Å². The highest BCUT2D eigenvalue weighted by atomic mass is 79.9. The van der Waals surface area contributed by atoms with Crippen LogP contribution in [0.25, 0.3) is 0 Å². The van der Waals surface area contributed by atoms with Crippen molar-refractivity contribution >= 4 is 43.5 Å². The average molecular weight is 392 g/mol. The van der Waals surface area contributed by atoms with E-state index in [1.54, 1.807) is 12.1 Å². The second kappa shape index (κ2) is 5.72. The zero-order valence-electron chi connectivity index (χ0n) is 9.55. The first-order valence-electron chi connectivity index (χ1n) is 5.39. The van der Waals surface area contributed by atoms with Gasteiger partial charge in [-0.15, -0.1) is 0 Å². The molecule has 0 aliphatic rings. The Hall–Kier alpha value is -0.380. The van der Waals surface area contributed by atoms with Gasteiger partial charge < -0.3 is 0 Å². The van der Waals surface area contributed by atoms with E-state index < -0.39 is 0 Å². The fourth-order valence-electron chi connectivity index (χ4n) is 1.81. The lowest BCUT2D eigenvalue weighted by Gasteiger charge is -2.15. The van der Waals surface area contributed by atoms with Crippen LogP contribution in [0.3, 0.4) is 0 Å². The molecule has 18 heavy (non-hydrogen) atoms. The summed E-state index contributed by atoms with van der Waals surface area (Å²) >= 11 is 12.6. The third-order valence-electron chi connectivity index (χ3n) is 2.87. The van der Waals surface area contributed by atoms with Gasteiger partial charge in [-0.3, -0.25) is 0 Å². The molecule has 0 amide bonds. The molecule has 0 fully saturated rings. The molecular weight excluding hydrogens is 382 g/mol. The van der Waals surface area contributed by atoms with Gasteiger partial charge in [0.05, 0.1) is 4.47 Å². The molecule has 0 heterocycles. The third-order valence-corrected chi connectivity index (χ3v) is 4.40. The summed E-state index contributed by atoms with van der Waals surface area (Å²) in [5.41, 5.74) is 2.17. The summed E-state index contributed by atoms with van der Waals surface area (Å²) in [6.07, 6.45) is 0. The van der Waals surface area contributed by atoms with Crippen molar-refractivity contribution < 1.29 is 4.39 Å². The van der Waals surface area contributed by atoms with E-state index in [9.17, 15) is 4.39 Å². The Kier molecular flexibility index (Phi) is 4.46. The van der Waals surface area contributed by atoms with Crippen LogP contribution >= 0.6 is 43.5 Å². The highest BCUT2D eigenvalue weighted by Gasteiger charge is 2.13. The van der Waals surface area contributed by atoms with Crippen LogP contribution in [0.5, 0.6) is 0 Å². The number of benzene rings is 2. The number of hydrogen-bond acceptors (Lipinski definition) is 0. The van der Waals surface area contributed by atoms with Gasteiger partial charge in [-0.2, -0.15) is 0 Å². The molecule has 0 radical (unpaired) electrons. The standard InChI is InChI=1S/C14H10Br2ClF/c1-8(9-2-5-14(18)13(16)6-9)11-4-3-10(17)7-12(11)15/h2-8H,1H3. The Labute approximate surface area is 127 Å². The highest BCUT2D eigenvalue weighted by Crippen LogP contribution is 2.33. The molecule has 1 atom stereocenters. The fourth-order valence-corrected chi connectivity index (χ4v) is 3.24. The minimum Gasteiger partial charge on any atom is -0.206 e. The molecule has 0 nitrogen and oxygen atoms in total. The lowest BCUT2D eigenvalue weighted by atomic mass is 9.93. The van der Waals surface area contributed by atoms with Crippen LogP contribution in [-0.2, 0) is 0 Å². The van der Waals surface area contributed by atoms with E-state index in [0.717, 1.165) is 15.6 Å². The molecule has 0 aromatic heterocycles.